The number of benzene rings is 1. The lowest BCUT2D eigenvalue weighted by Gasteiger charge is -2.21. The second-order valence-corrected chi connectivity index (χ2v) is 5.72. The number of aryl methyl sites for hydroxylation is 1. The second-order valence-electron chi connectivity index (χ2n) is 5.72. The Hall–Kier alpha value is -2.90. The molecule has 0 aliphatic rings. The van der Waals surface area contributed by atoms with Crippen molar-refractivity contribution in [1.82, 2.24) is 9.78 Å². The Morgan fingerprint density at radius 1 is 1.32 bits per heavy atom. The van der Waals surface area contributed by atoms with Gasteiger partial charge in [-0.25, -0.2) is 0 Å². The summed E-state index contributed by atoms with van der Waals surface area (Å²) in [5.41, 5.74) is 1.96. The number of aromatic nitrogens is 2. The quantitative estimate of drug-likeness (QED) is 0.614. The minimum Gasteiger partial charge on any atom is -0.372 e. The fourth-order valence-electron chi connectivity index (χ4n) is 2.56. The lowest BCUT2D eigenvalue weighted by atomic mass is 10.2. The SMILES string of the molecule is CCN(CC)c1ccc(NC(=O)C(C)n2cc([N+](=O)[O-])c(C)n2)cc1. The molecule has 0 spiro atoms. The molecule has 1 aromatic heterocycles. The number of hydrogen-bond acceptors (Lipinski definition) is 5. The molecule has 1 N–H and O–H groups in total. The summed E-state index contributed by atoms with van der Waals surface area (Å²) in [6, 6.07) is 6.94. The Labute approximate surface area is 146 Å². The molecular formula is C17H23N5O3. The van der Waals surface area contributed by atoms with Crippen molar-refractivity contribution < 1.29 is 9.72 Å². The monoisotopic (exact) mass is 345 g/mol. The van der Waals surface area contributed by atoms with Gasteiger partial charge in [-0.05, 0) is 52.0 Å². The minimum absolute atomic E-state index is 0.0942. The van der Waals surface area contributed by atoms with Crippen LogP contribution >= 0.6 is 0 Å². The first-order valence-electron chi connectivity index (χ1n) is 8.23. The largest absolute Gasteiger partial charge is 0.372 e. The molecule has 0 aliphatic carbocycles. The predicted molar refractivity (Wildman–Crippen MR) is 97.0 cm³/mol. The van der Waals surface area contributed by atoms with Gasteiger partial charge in [0, 0.05) is 24.5 Å². The van der Waals surface area contributed by atoms with E-state index in [2.05, 4.69) is 29.2 Å². The molecule has 1 unspecified atom stereocenters. The lowest BCUT2D eigenvalue weighted by molar-refractivity contribution is -0.385. The molecule has 134 valence electrons. The molecule has 0 radical (unpaired) electrons. The molecule has 8 heteroatoms. The molecule has 2 rings (SSSR count). The zero-order chi connectivity index (χ0) is 18.6. The van der Waals surface area contributed by atoms with Gasteiger partial charge in [0.1, 0.15) is 17.9 Å². The Morgan fingerprint density at radius 2 is 1.92 bits per heavy atom. The van der Waals surface area contributed by atoms with Crippen LogP contribution in [0.3, 0.4) is 0 Å². The molecule has 0 bridgehead atoms. The van der Waals surface area contributed by atoms with E-state index < -0.39 is 11.0 Å². The van der Waals surface area contributed by atoms with E-state index in [9.17, 15) is 14.9 Å². The Balaban J connectivity index is 2.08. The van der Waals surface area contributed by atoms with Crippen LogP contribution in [0.5, 0.6) is 0 Å². The molecule has 8 nitrogen and oxygen atoms in total. The number of anilines is 2. The van der Waals surface area contributed by atoms with Crippen LogP contribution in [0.15, 0.2) is 30.5 Å². The van der Waals surface area contributed by atoms with Gasteiger partial charge in [-0.3, -0.25) is 19.6 Å². The van der Waals surface area contributed by atoms with Gasteiger partial charge in [0.25, 0.3) is 0 Å². The van der Waals surface area contributed by atoms with Gasteiger partial charge in [0.2, 0.25) is 5.91 Å². The second kappa shape index (κ2) is 7.78. The van der Waals surface area contributed by atoms with Crippen molar-refractivity contribution in [3.8, 4) is 0 Å². The van der Waals surface area contributed by atoms with Crippen LogP contribution in [0.4, 0.5) is 17.1 Å². The van der Waals surface area contributed by atoms with E-state index in [0.29, 0.717) is 5.69 Å². The molecule has 1 aromatic carbocycles. The third kappa shape index (κ3) is 4.14. The summed E-state index contributed by atoms with van der Waals surface area (Å²) in [5.74, 6) is -0.284. The fourth-order valence-corrected chi connectivity index (χ4v) is 2.56. The highest BCUT2D eigenvalue weighted by Gasteiger charge is 2.22. The topological polar surface area (TPSA) is 93.3 Å². The zero-order valence-electron chi connectivity index (χ0n) is 14.9. The minimum atomic E-state index is -0.658. The third-order valence-corrected chi connectivity index (χ3v) is 4.13. The summed E-state index contributed by atoms with van der Waals surface area (Å²) >= 11 is 0. The number of hydrogen-bond donors (Lipinski definition) is 1. The molecular weight excluding hydrogens is 322 g/mol. The van der Waals surface area contributed by atoms with Crippen LogP contribution in [-0.4, -0.2) is 33.7 Å². The molecule has 0 saturated carbocycles. The van der Waals surface area contributed by atoms with E-state index in [4.69, 9.17) is 0 Å². The third-order valence-electron chi connectivity index (χ3n) is 4.13. The standard InChI is InChI=1S/C17H23N5O3/c1-5-20(6-2)15-9-7-14(8-10-15)18-17(23)13(4)21-11-16(22(24)25)12(3)19-21/h7-11,13H,5-6H2,1-4H3,(H,18,23). The summed E-state index contributed by atoms with van der Waals surface area (Å²) in [4.78, 5) is 25.0. The van der Waals surface area contributed by atoms with Crippen molar-refractivity contribution in [3.63, 3.8) is 0 Å². The highest BCUT2D eigenvalue weighted by atomic mass is 16.6. The van der Waals surface area contributed by atoms with E-state index in [1.54, 1.807) is 13.8 Å². The Kier molecular flexibility index (Phi) is 5.74. The van der Waals surface area contributed by atoms with E-state index in [0.717, 1.165) is 18.8 Å². The van der Waals surface area contributed by atoms with Crippen LogP contribution in [0.25, 0.3) is 0 Å². The van der Waals surface area contributed by atoms with Crippen molar-refractivity contribution in [2.45, 2.75) is 33.7 Å². The summed E-state index contributed by atoms with van der Waals surface area (Å²) in [7, 11) is 0. The zero-order valence-corrected chi connectivity index (χ0v) is 14.9. The van der Waals surface area contributed by atoms with Crippen molar-refractivity contribution in [3.05, 3.63) is 46.3 Å². The number of rotatable bonds is 7. The maximum atomic E-state index is 12.4. The van der Waals surface area contributed by atoms with Gasteiger partial charge in [-0.1, -0.05) is 0 Å². The number of nitro groups is 1. The summed E-state index contributed by atoms with van der Waals surface area (Å²) in [6.45, 7) is 9.20. The van der Waals surface area contributed by atoms with E-state index in [-0.39, 0.29) is 17.3 Å². The highest BCUT2D eigenvalue weighted by molar-refractivity contribution is 5.93. The Bertz CT molecular complexity index is 750. The lowest BCUT2D eigenvalue weighted by Crippen LogP contribution is -2.24. The summed E-state index contributed by atoms with van der Waals surface area (Å²) in [5, 5.41) is 17.8. The molecule has 0 aliphatic heterocycles. The van der Waals surface area contributed by atoms with Gasteiger partial charge < -0.3 is 10.2 Å². The van der Waals surface area contributed by atoms with Crippen LogP contribution in [0.1, 0.15) is 32.5 Å². The number of amides is 1. The normalized spacial score (nSPS) is 11.8. The number of carbonyl (C=O) groups excluding carboxylic acids is 1. The van der Waals surface area contributed by atoms with Gasteiger partial charge in [-0.15, -0.1) is 0 Å². The van der Waals surface area contributed by atoms with Crippen LogP contribution in [0, 0.1) is 17.0 Å². The first kappa shape index (κ1) is 18.4. The van der Waals surface area contributed by atoms with E-state index in [1.165, 1.54) is 10.9 Å². The molecule has 2 aromatic rings. The van der Waals surface area contributed by atoms with Crippen LogP contribution in [0.2, 0.25) is 0 Å². The van der Waals surface area contributed by atoms with Gasteiger partial charge in [0.15, 0.2) is 0 Å². The highest BCUT2D eigenvalue weighted by Crippen LogP contribution is 2.21. The molecule has 0 saturated heterocycles. The Morgan fingerprint density at radius 3 is 2.40 bits per heavy atom. The number of nitrogens with zero attached hydrogens (tertiary/aromatic N) is 4. The van der Waals surface area contributed by atoms with Crippen LogP contribution in [-0.2, 0) is 4.79 Å². The van der Waals surface area contributed by atoms with Gasteiger partial charge >= 0.3 is 5.69 Å². The van der Waals surface area contributed by atoms with E-state index in [1.807, 2.05) is 24.3 Å². The average Bonchev–Trinajstić information content (AvgIpc) is 2.98. The van der Waals surface area contributed by atoms with Crippen LogP contribution < -0.4 is 10.2 Å². The first-order chi connectivity index (χ1) is 11.9. The molecule has 1 heterocycles. The smallest absolute Gasteiger partial charge is 0.309 e. The van der Waals surface area contributed by atoms with Crippen molar-refractivity contribution in [1.29, 1.82) is 0 Å². The van der Waals surface area contributed by atoms with Gasteiger partial charge in [-0.2, -0.15) is 5.10 Å². The summed E-state index contributed by atoms with van der Waals surface area (Å²) < 4.78 is 1.31. The average molecular weight is 345 g/mol. The van der Waals surface area contributed by atoms with Crippen molar-refractivity contribution in [2.24, 2.45) is 0 Å². The van der Waals surface area contributed by atoms with Gasteiger partial charge in [0.05, 0.1) is 4.92 Å². The van der Waals surface area contributed by atoms with Crippen molar-refractivity contribution in [2.75, 3.05) is 23.3 Å². The maximum absolute atomic E-state index is 12.4. The molecule has 1 atom stereocenters. The summed E-state index contributed by atoms with van der Waals surface area (Å²) in [6.07, 6.45) is 1.28. The molecule has 0 fully saturated rings. The fraction of sp³-hybridized carbons (Fsp3) is 0.412. The number of nitrogens with one attached hydrogen (secondary N) is 1. The molecule has 25 heavy (non-hydrogen) atoms. The predicted octanol–water partition coefficient (Wildman–Crippen LogP) is 3.15. The first-order valence-corrected chi connectivity index (χ1v) is 8.23. The molecule has 1 amide bonds. The van der Waals surface area contributed by atoms with E-state index >= 15 is 0 Å². The maximum Gasteiger partial charge on any atom is 0.309 e. The van der Waals surface area contributed by atoms with Crippen molar-refractivity contribution >= 4 is 23.0 Å². The number of carbonyl (C=O) groups is 1.